The van der Waals surface area contributed by atoms with Gasteiger partial charge in [0, 0.05) is 0 Å². The summed E-state index contributed by atoms with van der Waals surface area (Å²) in [4.78, 5) is 11.6. The molecule has 1 fully saturated rings. The van der Waals surface area contributed by atoms with E-state index in [4.69, 9.17) is 0 Å². The van der Waals surface area contributed by atoms with Crippen LogP contribution in [0.25, 0.3) is 0 Å². The van der Waals surface area contributed by atoms with Gasteiger partial charge in [-0.2, -0.15) is 8.78 Å². The highest BCUT2D eigenvalue weighted by atomic mass is 35.5. The van der Waals surface area contributed by atoms with Crippen molar-refractivity contribution in [3.8, 4) is 0 Å². The molecule has 8 heteroatoms. The van der Waals surface area contributed by atoms with Gasteiger partial charge in [-0.15, -0.1) is 12.4 Å². The van der Waals surface area contributed by atoms with Crippen molar-refractivity contribution in [2.45, 2.75) is 44.1 Å². The molecule has 1 atom stereocenters. The fourth-order valence-corrected chi connectivity index (χ4v) is 1.72. The van der Waals surface area contributed by atoms with Gasteiger partial charge in [-0.05, 0) is 32.7 Å². The predicted octanol–water partition coefficient (Wildman–Crippen LogP) is 1.96. The average molecular weight is 293 g/mol. The van der Waals surface area contributed by atoms with E-state index in [1.54, 1.807) is 6.92 Å². The maximum Gasteiger partial charge on any atom is 0.324 e. The summed E-state index contributed by atoms with van der Waals surface area (Å²) in [7, 11) is 0. The third-order valence-corrected chi connectivity index (χ3v) is 2.92. The minimum atomic E-state index is -4.18. The Morgan fingerprint density at radius 2 is 2.06 bits per heavy atom. The first-order valence-corrected chi connectivity index (χ1v) is 5.47. The first-order valence-electron chi connectivity index (χ1n) is 5.47. The fourth-order valence-electron chi connectivity index (χ4n) is 1.72. The van der Waals surface area contributed by atoms with E-state index in [0.29, 0.717) is 13.0 Å². The Morgan fingerprint density at radius 1 is 1.44 bits per heavy atom. The lowest BCUT2D eigenvalue weighted by Gasteiger charge is -2.33. The number of piperidine rings is 1. The van der Waals surface area contributed by atoms with E-state index in [0.717, 1.165) is 12.8 Å². The average Bonchev–Trinajstić information content (AvgIpc) is 2.26. The molecule has 0 saturated carbocycles. The van der Waals surface area contributed by atoms with Crippen LogP contribution in [0.1, 0.15) is 26.2 Å². The van der Waals surface area contributed by atoms with Gasteiger partial charge < -0.3 is 10.6 Å². The zero-order chi connectivity index (χ0) is 13.1. The van der Waals surface area contributed by atoms with Gasteiger partial charge in [0.1, 0.15) is 0 Å². The number of carbonyl (C=O) groups excluding carboxylic acids is 1. The largest absolute Gasteiger partial charge is 0.348 e. The molecule has 1 unspecified atom stereocenters. The highest BCUT2D eigenvalue weighted by Crippen LogP contribution is 2.23. The standard InChI is InChI=1S/C10H16F4N2O.ClH/c1-9(4-2-3-5-16-9)8(17)15-6-10(13,14)7(11)12;/h7,16H,2-6H2,1H3,(H,15,17);1H. The molecule has 1 heterocycles. The van der Waals surface area contributed by atoms with Gasteiger partial charge in [-0.1, -0.05) is 0 Å². The molecule has 18 heavy (non-hydrogen) atoms. The molecule has 0 spiro atoms. The van der Waals surface area contributed by atoms with Crippen LogP contribution in [0.4, 0.5) is 17.6 Å². The molecular formula is C10H17ClF4N2O. The summed E-state index contributed by atoms with van der Waals surface area (Å²) in [6, 6.07) is 0. The van der Waals surface area contributed by atoms with Crippen LogP contribution in [0.5, 0.6) is 0 Å². The molecule has 0 bridgehead atoms. The monoisotopic (exact) mass is 292 g/mol. The van der Waals surface area contributed by atoms with Crippen molar-refractivity contribution in [2.75, 3.05) is 13.1 Å². The van der Waals surface area contributed by atoms with Gasteiger partial charge in [0.2, 0.25) is 5.91 Å². The van der Waals surface area contributed by atoms with Gasteiger partial charge in [0.15, 0.2) is 0 Å². The topological polar surface area (TPSA) is 41.1 Å². The molecule has 0 aromatic carbocycles. The summed E-state index contributed by atoms with van der Waals surface area (Å²) in [5, 5.41) is 4.80. The van der Waals surface area contributed by atoms with Crippen molar-refractivity contribution >= 4 is 18.3 Å². The normalized spacial score (nSPS) is 24.6. The third-order valence-electron chi connectivity index (χ3n) is 2.92. The SMILES string of the molecule is CC1(C(=O)NCC(F)(F)C(F)F)CCCCN1.Cl. The zero-order valence-corrected chi connectivity index (χ0v) is 10.8. The minimum Gasteiger partial charge on any atom is -0.348 e. The Balaban J connectivity index is 0.00000289. The summed E-state index contributed by atoms with van der Waals surface area (Å²) < 4.78 is 49.0. The Bertz CT molecular complexity index is 283. The molecule has 1 aliphatic rings. The van der Waals surface area contributed by atoms with Crippen molar-refractivity contribution in [2.24, 2.45) is 0 Å². The van der Waals surface area contributed by atoms with Gasteiger partial charge in [0.25, 0.3) is 0 Å². The Morgan fingerprint density at radius 3 is 2.50 bits per heavy atom. The van der Waals surface area contributed by atoms with Crippen molar-refractivity contribution in [3.05, 3.63) is 0 Å². The van der Waals surface area contributed by atoms with Crippen molar-refractivity contribution < 1.29 is 22.4 Å². The second-order valence-corrected chi connectivity index (χ2v) is 4.46. The number of amides is 1. The quantitative estimate of drug-likeness (QED) is 0.778. The number of rotatable bonds is 4. The fraction of sp³-hybridized carbons (Fsp3) is 0.900. The lowest BCUT2D eigenvalue weighted by Crippen LogP contribution is -2.58. The number of hydrogen-bond acceptors (Lipinski definition) is 2. The number of halogens is 5. The second kappa shape index (κ2) is 6.56. The van der Waals surface area contributed by atoms with Gasteiger partial charge in [-0.3, -0.25) is 4.79 Å². The molecule has 1 amide bonds. The van der Waals surface area contributed by atoms with E-state index in [1.807, 2.05) is 5.32 Å². The summed E-state index contributed by atoms with van der Waals surface area (Å²) >= 11 is 0. The van der Waals surface area contributed by atoms with Crippen LogP contribution in [0.2, 0.25) is 0 Å². The maximum atomic E-state index is 12.6. The number of hydrogen-bond donors (Lipinski definition) is 2. The van der Waals surface area contributed by atoms with Crippen LogP contribution in [-0.4, -0.2) is 36.9 Å². The van der Waals surface area contributed by atoms with Crippen LogP contribution in [0, 0.1) is 0 Å². The second-order valence-electron chi connectivity index (χ2n) is 4.46. The van der Waals surface area contributed by atoms with Gasteiger partial charge in [0.05, 0.1) is 12.1 Å². The van der Waals surface area contributed by atoms with E-state index in [1.165, 1.54) is 0 Å². The smallest absolute Gasteiger partial charge is 0.324 e. The summed E-state index contributed by atoms with van der Waals surface area (Å²) in [6.07, 6.45) is -1.54. The first-order chi connectivity index (χ1) is 7.78. The highest BCUT2D eigenvalue weighted by molar-refractivity contribution is 5.86. The molecule has 108 valence electrons. The highest BCUT2D eigenvalue weighted by Gasteiger charge is 2.42. The Kier molecular flexibility index (Phi) is 6.36. The van der Waals surface area contributed by atoms with E-state index in [2.05, 4.69) is 5.32 Å². The predicted molar refractivity (Wildman–Crippen MR) is 61.5 cm³/mol. The summed E-state index contributed by atoms with van der Waals surface area (Å²) in [6.45, 7) is 0.873. The Labute approximate surface area is 109 Å². The van der Waals surface area contributed by atoms with Crippen LogP contribution >= 0.6 is 12.4 Å². The molecule has 0 aromatic heterocycles. The van der Waals surface area contributed by atoms with Crippen LogP contribution in [0.3, 0.4) is 0 Å². The molecule has 2 N–H and O–H groups in total. The number of nitrogens with one attached hydrogen (secondary N) is 2. The summed E-state index contributed by atoms with van der Waals surface area (Å²) in [5.41, 5.74) is -0.934. The van der Waals surface area contributed by atoms with Crippen LogP contribution in [-0.2, 0) is 4.79 Å². The van der Waals surface area contributed by atoms with E-state index < -0.39 is 30.3 Å². The molecule has 3 nitrogen and oxygen atoms in total. The molecule has 1 saturated heterocycles. The van der Waals surface area contributed by atoms with E-state index in [9.17, 15) is 22.4 Å². The molecule has 1 rings (SSSR count). The molecule has 0 aromatic rings. The minimum absolute atomic E-state index is 0. The van der Waals surface area contributed by atoms with Crippen LogP contribution < -0.4 is 10.6 Å². The molecule has 0 radical (unpaired) electrons. The van der Waals surface area contributed by atoms with E-state index >= 15 is 0 Å². The first kappa shape index (κ1) is 17.4. The van der Waals surface area contributed by atoms with Gasteiger partial charge in [-0.25, -0.2) is 8.78 Å². The van der Waals surface area contributed by atoms with E-state index in [-0.39, 0.29) is 12.4 Å². The number of alkyl halides is 4. The molecule has 0 aliphatic carbocycles. The zero-order valence-electron chi connectivity index (χ0n) is 9.94. The lowest BCUT2D eigenvalue weighted by molar-refractivity contribution is -0.140. The molecular weight excluding hydrogens is 276 g/mol. The van der Waals surface area contributed by atoms with Crippen molar-refractivity contribution in [3.63, 3.8) is 0 Å². The molecule has 1 aliphatic heterocycles. The van der Waals surface area contributed by atoms with Crippen molar-refractivity contribution in [1.29, 1.82) is 0 Å². The maximum absolute atomic E-state index is 12.6. The van der Waals surface area contributed by atoms with Crippen molar-refractivity contribution in [1.82, 2.24) is 10.6 Å². The van der Waals surface area contributed by atoms with Gasteiger partial charge >= 0.3 is 12.3 Å². The van der Waals surface area contributed by atoms with Crippen LogP contribution in [0.15, 0.2) is 0 Å². The lowest BCUT2D eigenvalue weighted by atomic mass is 9.90. The number of carbonyl (C=O) groups is 1. The third kappa shape index (κ3) is 4.28. The summed E-state index contributed by atoms with van der Waals surface area (Å²) in [5.74, 6) is -4.83. The Hall–Kier alpha value is -0.560.